The van der Waals surface area contributed by atoms with Crippen molar-refractivity contribution in [2.45, 2.75) is 46.2 Å². The van der Waals surface area contributed by atoms with Gasteiger partial charge < -0.3 is 0 Å². The molecule has 3 atom stereocenters. The Balaban J connectivity index is 1.23. The van der Waals surface area contributed by atoms with E-state index in [2.05, 4.69) is 116 Å². The molecule has 3 aliphatic rings. The van der Waals surface area contributed by atoms with Crippen LogP contribution >= 0.6 is 23.5 Å². The van der Waals surface area contributed by atoms with Gasteiger partial charge in [0.2, 0.25) is 0 Å². The summed E-state index contributed by atoms with van der Waals surface area (Å²) in [7, 11) is 0. The molecule has 0 saturated carbocycles. The van der Waals surface area contributed by atoms with E-state index in [1.54, 1.807) is 0 Å². The third-order valence-corrected chi connectivity index (χ3v) is 9.60. The van der Waals surface area contributed by atoms with Crippen LogP contribution in [0.2, 0.25) is 0 Å². The zero-order chi connectivity index (χ0) is 22.4. The summed E-state index contributed by atoms with van der Waals surface area (Å²) in [5.41, 5.74) is 13.7. The molecular formula is C29H28N2S2. The standard InChI is InChI=1S/C29H28N2S2/c1-29(2)23-10-6-7-11-25(23)32-26-17-16-22(18-24(26)29)19-12-14-21(15-13-19)28-31-30-27(33-28)20-8-4-3-5-9-20/h3-8,10-18,20,27-28,30-31H,9H2,1-2H3. The van der Waals surface area contributed by atoms with E-state index in [-0.39, 0.29) is 10.8 Å². The van der Waals surface area contributed by atoms with E-state index in [4.69, 9.17) is 0 Å². The van der Waals surface area contributed by atoms with Gasteiger partial charge >= 0.3 is 0 Å². The predicted octanol–water partition coefficient (Wildman–Crippen LogP) is 7.44. The minimum absolute atomic E-state index is 0.000963. The molecule has 33 heavy (non-hydrogen) atoms. The first-order valence-corrected chi connectivity index (χ1v) is 13.4. The third kappa shape index (κ3) is 3.89. The van der Waals surface area contributed by atoms with Crippen molar-refractivity contribution in [2.24, 2.45) is 5.92 Å². The summed E-state index contributed by atoms with van der Waals surface area (Å²) in [5.74, 6) is 0.540. The minimum atomic E-state index is 0.000963. The molecule has 6 rings (SSSR count). The topological polar surface area (TPSA) is 24.1 Å². The zero-order valence-corrected chi connectivity index (χ0v) is 20.5. The molecule has 0 bridgehead atoms. The second-order valence-electron chi connectivity index (χ2n) is 9.49. The Labute approximate surface area is 204 Å². The molecule has 2 nitrogen and oxygen atoms in total. The number of hydrazine groups is 1. The van der Waals surface area contributed by atoms with E-state index >= 15 is 0 Å². The summed E-state index contributed by atoms with van der Waals surface area (Å²) < 4.78 is 0. The summed E-state index contributed by atoms with van der Waals surface area (Å²) >= 11 is 3.87. The molecule has 3 aromatic rings. The predicted molar refractivity (Wildman–Crippen MR) is 141 cm³/mol. The molecule has 2 aliphatic heterocycles. The maximum atomic E-state index is 3.50. The molecule has 0 spiro atoms. The van der Waals surface area contributed by atoms with Crippen LogP contribution in [0.3, 0.4) is 0 Å². The second kappa shape index (κ2) is 8.52. The first-order chi connectivity index (χ1) is 16.1. The largest absolute Gasteiger partial charge is 0.243 e. The Bertz CT molecular complexity index is 1240. The van der Waals surface area contributed by atoms with E-state index in [0.29, 0.717) is 11.3 Å². The van der Waals surface area contributed by atoms with Crippen LogP contribution in [0.1, 0.15) is 42.3 Å². The lowest BCUT2D eigenvalue weighted by Crippen LogP contribution is -2.34. The first-order valence-electron chi connectivity index (χ1n) is 11.6. The van der Waals surface area contributed by atoms with E-state index < -0.39 is 0 Å². The average molecular weight is 469 g/mol. The fraction of sp³-hybridized carbons (Fsp3) is 0.241. The Hall–Kier alpha value is -2.24. The second-order valence-corrected chi connectivity index (χ2v) is 11.8. The molecule has 2 N–H and O–H groups in total. The van der Waals surface area contributed by atoms with Crippen LogP contribution in [0.25, 0.3) is 11.1 Å². The van der Waals surface area contributed by atoms with Crippen molar-refractivity contribution in [3.05, 3.63) is 108 Å². The molecule has 3 aromatic carbocycles. The first kappa shape index (κ1) is 21.3. The lowest BCUT2D eigenvalue weighted by Gasteiger charge is -2.34. The normalized spacial score (nSPS) is 25.0. The molecule has 1 fully saturated rings. The van der Waals surface area contributed by atoms with Gasteiger partial charge in [-0.2, -0.15) is 0 Å². The van der Waals surface area contributed by atoms with Crippen LogP contribution < -0.4 is 10.9 Å². The average Bonchev–Trinajstić information content (AvgIpc) is 3.35. The highest BCUT2D eigenvalue weighted by molar-refractivity contribution is 8.00. The van der Waals surface area contributed by atoms with Gasteiger partial charge in [0.1, 0.15) is 0 Å². The summed E-state index contributed by atoms with van der Waals surface area (Å²) in [4.78, 5) is 2.75. The molecule has 3 unspecified atom stereocenters. The molecular weight excluding hydrogens is 440 g/mol. The monoisotopic (exact) mass is 468 g/mol. The van der Waals surface area contributed by atoms with E-state index in [1.807, 2.05) is 23.5 Å². The zero-order valence-electron chi connectivity index (χ0n) is 18.9. The van der Waals surface area contributed by atoms with Crippen molar-refractivity contribution in [3.63, 3.8) is 0 Å². The smallest absolute Gasteiger partial charge is 0.0933 e. The molecule has 2 heterocycles. The van der Waals surface area contributed by atoms with Gasteiger partial charge in [0, 0.05) is 21.1 Å². The van der Waals surface area contributed by atoms with Gasteiger partial charge in [0.25, 0.3) is 0 Å². The molecule has 166 valence electrons. The van der Waals surface area contributed by atoms with Gasteiger partial charge in [-0.3, -0.25) is 0 Å². The fourth-order valence-electron chi connectivity index (χ4n) is 5.04. The SMILES string of the molecule is CC1(C)c2ccccc2Sc2ccc(-c3ccc(C4NNC(C5C=CC=CC5)S4)cc3)cc21. The van der Waals surface area contributed by atoms with Crippen molar-refractivity contribution in [1.82, 2.24) is 10.9 Å². The summed E-state index contributed by atoms with van der Waals surface area (Å²) in [5, 5.41) is 0.679. The molecule has 0 radical (unpaired) electrons. The fourth-order valence-corrected chi connectivity index (χ4v) is 7.70. The van der Waals surface area contributed by atoms with E-state index in [1.165, 1.54) is 37.6 Å². The van der Waals surface area contributed by atoms with E-state index in [0.717, 1.165) is 6.42 Å². The maximum Gasteiger partial charge on any atom is 0.0933 e. The van der Waals surface area contributed by atoms with Gasteiger partial charge in [-0.15, -0.1) is 11.8 Å². The Morgan fingerprint density at radius 3 is 2.42 bits per heavy atom. The number of hydrogen-bond donors (Lipinski definition) is 2. The van der Waals surface area contributed by atoms with Crippen molar-refractivity contribution in [1.29, 1.82) is 0 Å². The summed E-state index contributed by atoms with van der Waals surface area (Å²) in [6.07, 6.45) is 9.97. The van der Waals surface area contributed by atoms with Gasteiger partial charge in [0.05, 0.1) is 10.7 Å². The van der Waals surface area contributed by atoms with E-state index in [9.17, 15) is 0 Å². The molecule has 0 aromatic heterocycles. The lowest BCUT2D eigenvalue weighted by atomic mass is 9.77. The molecule has 1 aliphatic carbocycles. The van der Waals surface area contributed by atoms with Crippen molar-refractivity contribution >= 4 is 23.5 Å². The molecule has 1 saturated heterocycles. The number of rotatable bonds is 3. The Morgan fingerprint density at radius 1 is 0.818 bits per heavy atom. The number of thioether (sulfide) groups is 1. The van der Waals surface area contributed by atoms with Crippen molar-refractivity contribution < 1.29 is 0 Å². The van der Waals surface area contributed by atoms with Crippen LogP contribution in [0, 0.1) is 5.92 Å². The van der Waals surface area contributed by atoms with Crippen LogP contribution in [0.4, 0.5) is 0 Å². The number of nitrogens with one attached hydrogen (secondary N) is 2. The Kier molecular flexibility index (Phi) is 5.50. The molecule has 4 heteroatoms. The van der Waals surface area contributed by atoms with Gasteiger partial charge in [-0.1, -0.05) is 98.4 Å². The van der Waals surface area contributed by atoms with Crippen LogP contribution in [0.15, 0.2) is 101 Å². The van der Waals surface area contributed by atoms with Crippen LogP contribution in [0.5, 0.6) is 0 Å². The highest BCUT2D eigenvalue weighted by Crippen LogP contribution is 2.49. The Morgan fingerprint density at radius 2 is 1.61 bits per heavy atom. The highest BCUT2D eigenvalue weighted by Gasteiger charge is 2.33. The van der Waals surface area contributed by atoms with Crippen LogP contribution in [-0.2, 0) is 5.41 Å². The summed E-state index contributed by atoms with van der Waals surface area (Å²) in [6.45, 7) is 4.70. The number of hydrogen-bond acceptors (Lipinski definition) is 4. The minimum Gasteiger partial charge on any atom is -0.243 e. The van der Waals surface area contributed by atoms with Gasteiger partial charge in [-0.05, 0) is 52.4 Å². The van der Waals surface area contributed by atoms with Gasteiger partial charge in [0.15, 0.2) is 0 Å². The number of fused-ring (bicyclic) bond motifs is 2. The van der Waals surface area contributed by atoms with Crippen molar-refractivity contribution in [2.75, 3.05) is 0 Å². The van der Waals surface area contributed by atoms with Crippen LogP contribution in [-0.4, -0.2) is 5.37 Å². The number of allylic oxidation sites excluding steroid dienone is 3. The third-order valence-electron chi connectivity index (χ3n) is 7.02. The highest BCUT2D eigenvalue weighted by atomic mass is 32.2. The quantitative estimate of drug-likeness (QED) is 0.417. The number of benzene rings is 3. The molecule has 0 amide bonds. The lowest BCUT2D eigenvalue weighted by molar-refractivity contribution is 0.474. The summed E-state index contributed by atoms with van der Waals surface area (Å²) in [6, 6.07) is 24.9. The van der Waals surface area contributed by atoms with Gasteiger partial charge in [-0.25, -0.2) is 10.9 Å². The maximum absolute atomic E-state index is 3.50. The van der Waals surface area contributed by atoms with Crippen molar-refractivity contribution in [3.8, 4) is 11.1 Å².